The fourth-order valence-electron chi connectivity index (χ4n) is 7.55. The third-order valence-electron chi connectivity index (χ3n) is 10.1. The van der Waals surface area contributed by atoms with Crippen molar-refractivity contribution in [3.63, 3.8) is 0 Å². The molecule has 6 nitrogen and oxygen atoms in total. The molecule has 0 N–H and O–H groups in total. The second kappa shape index (κ2) is 12.1. The lowest BCUT2D eigenvalue weighted by Gasteiger charge is -2.11. The number of aromatic nitrogens is 4. The lowest BCUT2D eigenvalue weighted by Crippen LogP contribution is -2.00. The molecule has 3 heterocycles. The van der Waals surface area contributed by atoms with Gasteiger partial charge in [0.05, 0.1) is 5.39 Å². The predicted molar refractivity (Wildman–Crippen MR) is 217 cm³/mol. The van der Waals surface area contributed by atoms with Crippen LogP contribution < -0.4 is 0 Å². The van der Waals surface area contributed by atoms with E-state index in [0.717, 1.165) is 82.4 Å². The first kappa shape index (κ1) is 30.2. The average Bonchev–Trinajstić information content (AvgIpc) is 3.86. The van der Waals surface area contributed by atoms with Crippen LogP contribution in [0, 0.1) is 0 Å². The van der Waals surface area contributed by atoms with Crippen molar-refractivity contribution in [3.05, 3.63) is 170 Å². The minimum Gasteiger partial charge on any atom is -0.456 e. The molecule has 0 aliphatic heterocycles. The highest BCUT2D eigenvalue weighted by Crippen LogP contribution is 2.41. The summed E-state index contributed by atoms with van der Waals surface area (Å²) in [5, 5.41) is 6.18. The largest absolute Gasteiger partial charge is 0.456 e. The topological polar surface area (TPSA) is 77.8 Å². The Morgan fingerprint density at radius 3 is 1.78 bits per heavy atom. The van der Waals surface area contributed by atoms with Gasteiger partial charge in [0.25, 0.3) is 0 Å². The number of hydrogen-bond donors (Lipinski definition) is 0. The van der Waals surface area contributed by atoms with Gasteiger partial charge >= 0.3 is 0 Å². The van der Waals surface area contributed by atoms with E-state index in [1.54, 1.807) is 0 Å². The van der Waals surface area contributed by atoms with Gasteiger partial charge in [-0.25, -0.2) is 19.9 Å². The van der Waals surface area contributed by atoms with Crippen molar-refractivity contribution in [1.82, 2.24) is 19.9 Å². The zero-order chi connectivity index (χ0) is 35.6. The molecule has 0 amide bonds. The van der Waals surface area contributed by atoms with Gasteiger partial charge in [-0.3, -0.25) is 0 Å². The smallest absolute Gasteiger partial charge is 0.227 e. The zero-order valence-electron chi connectivity index (χ0n) is 28.8. The summed E-state index contributed by atoms with van der Waals surface area (Å²) in [7, 11) is 0. The quantitative estimate of drug-likeness (QED) is 0.179. The first-order valence-corrected chi connectivity index (χ1v) is 17.9. The summed E-state index contributed by atoms with van der Waals surface area (Å²) in [5.41, 5.74) is 8.87. The van der Waals surface area contributed by atoms with E-state index in [4.69, 9.17) is 28.8 Å². The number of oxazole rings is 1. The molecule has 0 bridgehead atoms. The maximum atomic E-state index is 6.45. The second-order valence-corrected chi connectivity index (χ2v) is 13.4. The zero-order valence-corrected chi connectivity index (χ0v) is 28.8. The van der Waals surface area contributed by atoms with Crippen LogP contribution in [-0.4, -0.2) is 19.9 Å². The van der Waals surface area contributed by atoms with Gasteiger partial charge in [-0.15, -0.1) is 0 Å². The maximum absolute atomic E-state index is 6.45. The molecule has 0 saturated heterocycles. The average molecular weight is 693 g/mol. The summed E-state index contributed by atoms with van der Waals surface area (Å²) >= 11 is 0. The normalized spacial score (nSPS) is 11.7. The van der Waals surface area contributed by atoms with Gasteiger partial charge in [0, 0.05) is 27.6 Å². The number of benzene rings is 8. The molecule has 0 radical (unpaired) electrons. The standard InChI is InChI=1S/C48H28N4O2/c1-3-11-29(12-4-1)33-17-9-18-34(27-33)45-50-46(52-47(51-45)37-20-10-16-30-13-7-8-19-36(30)37)35-22-21-31-23-24-39-42(38(31)28-35)43-40(53-39)25-26-41-44(43)49-48(54-41)32-14-5-2-6-15-32/h1-28H. The van der Waals surface area contributed by atoms with Crippen LogP contribution in [0.3, 0.4) is 0 Å². The molecule has 11 aromatic rings. The first-order valence-electron chi connectivity index (χ1n) is 17.9. The SMILES string of the molecule is c1ccc(-c2cccc(-c3nc(-c4ccc5ccc6oc7ccc8oc(-c9ccccc9)nc8c7c6c5c4)nc(-c4cccc5ccccc45)n3)c2)cc1. The number of furan rings is 1. The molecular weight excluding hydrogens is 665 g/mol. The van der Waals surface area contributed by atoms with Gasteiger partial charge in [-0.05, 0) is 75.1 Å². The Labute approximate surface area is 309 Å². The van der Waals surface area contributed by atoms with Crippen LogP contribution in [0.1, 0.15) is 0 Å². The van der Waals surface area contributed by atoms with Crippen LogP contribution in [-0.2, 0) is 0 Å². The third-order valence-corrected chi connectivity index (χ3v) is 10.1. The van der Waals surface area contributed by atoms with Crippen LogP contribution in [0.25, 0.3) is 111 Å². The van der Waals surface area contributed by atoms with Crippen molar-refractivity contribution < 1.29 is 8.83 Å². The van der Waals surface area contributed by atoms with E-state index in [0.29, 0.717) is 28.9 Å². The lowest BCUT2D eigenvalue weighted by molar-refractivity contribution is 0.619. The van der Waals surface area contributed by atoms with Crippen molar-refractivity contribution in [2.24, 2.45) is 0 Å². The fraction of sp³-hybridized carbons (Fsp3) is 0. The van der Waals surface area contributed by atoms with Crippen molar-refractivity contribution >= 4 is 54.6 Å². The molecular formula is C48H28N4O2. The van der Waals surface area contributed by atoms with Gasteiger partial charge < -0.3 is 8.83 Å². The summed E-state index contributed by atoms with van der Waals surface area (Å²) in [6.45, 7) is 0. The van der Waals surface area contributed by atoms with Crippen molar-refractivity contribution in [2.45, 2.75) is 0 Å². The Morgan fingerprint density at radius 2 is 0.926 bits per heavy atom. The highest BCUT2D eigenvalue weighted by atomic mass is 16.4. The molecule has 0 aliphatic rings. The van der Waals surface area contributed by atoms with Crippen LogP contribution in [0.15, 0.2) is 179 Å². The van der Waals surface area contributed by atoms with Crippen LogP contribution in [0.5, 0.6) is 0 Å². The summed E-state index contributed by atoms with van der Waals surface area (Å²) in [5.74, 6) is 2.37. The number of hydrogen-bond acceptors (Lipinski definition) is 6. The van der Waals surface area contributed by atoms with Crippen LogP contribution in [0.2, 0.25) is 0 Å². The molecule has 8 aromatic carbocycles. The minimum absolute atomic E-state index is 0.573. The van der Waals surface area contributed by atoms with Crippen molar-refractivity contribution in [1.29, 1.82) is 0 Å². The van der Waals surface area contributed by atoms with E-state index in [1.807, 2.05) is 54.6 Å². The van der Waals surface area contributed by atoms with Crippen LogP contribution in [0.4, 0.5) is 0 Å². The Balaban J connectivity index is 1.14. The number of fused-ring (bicyclic) bond motifs is 8. The predicted octanol–water partition coefficient (Wildman–Crippen LogP) is 12.6. The summed E-state index contributed by atoms with van der Waals surface area (Å²) < 4.78 is 12.7. The highest BCUT2D eigenvalue weighted by Gasteiger charge is 2.20. The second-order valence-electron chi connectivity index (χ2n) is 13.4. The van der Waals surface area contributed by atoms with Gasteiger partial charge in [0.2, 0.25) is 5.89 Å². The summed E-state index contributed by atoms with van der Waals surface area (Å²) in [6, 6.07) is 57.7. The molecule has 6 heteroatoms. The van der Waals surface area contributed by atoms with Crippen LogP contribution >= 0.6 is 0 Å². The first-order chi connectivity index (χ1) is 26.7. The summed E-state index contributed by atoms with van der Waals surface area (Å²) in [4.78, 5) is 20.5. The summed E-state index contributed by atoms with van der Waals surface area (Å²) in [6.07, 6.45) is 0. The van der Waals surface area contributed by atoms with E-state index >= 15 is 0 Å². The third kappa shape index (κ3) is 4.96. The minimum atomic E-state index is 0.573. The lowest BCUT2D eigenvalue weighted by atomic mass is 10.00. The molecule has 0 unspecified atom stereocenters. The van der Waals surface area contributed by atoms with Crippen molar-refractivity contribution in [2.75, 3.05) is 0 Å². The molecule has 0 aliphatic carbocycles. The number of nitrogens with zero attached hydrogens (tertiary/aromatic N) is 4. The van der Waals surface area contributed by atoms with Gasteiger partial charge in [0.15, 0.2) is 23.1 Å². The monoisotopic (exact) mass is 692 g/mol. The Kier molecular flexibility index (Phi) is 6.75. The van der Waals surface area contributed by atoms with Crippen molar-refractivity contribution in [3.8, 4) is 56.7 Å². The van der Waals surface area contributed by atoms with E-state index in [2.05, 4.69) is 115 Å². The van der Waals surface area contributed by atoms with Gasteiger partial charge in [0.1, 0.15) is 16.7 Å². The molecule has 0 atom stereocenters. The van der Waals surface area contributed by atoms with E-state index in [1.165, 1.54) is 0 Å². The highest BCUT2D eigenvalue weighted by molar-refractivity contribution is 6.25. The van der Waals surface area contributed by atoms with E-state index in [-0.39, 0.29) is 0 Å². The Morgan fingerprint density at radius 1 is 0.333 bits per heavy atom. The molecule has 0 saturated carbocycles. The Bertz CT molecular complexity index is 3220. The molecule has 0 spiro atoms. The molecule has 54 heavy (non-hydrogen) atoms. The molecule has 0 fully saturated rings. The van der Waals surface area contributed by atoms with Gasteiger partial charge in [-0.2, -0.15) is 0 Å². The van der Waals surface area contributed by atoms with E-state index < -0.39 is 0 Å². The molecule has 252 valence electrons. The van der Waals surface area contributed by atoms with Gasteiger partial charge in [-0.1, -0.05) is 127 Å². The Hall–Kier alpha value is -7.44. The fourth-order valence-corrected chi connectivity index (χ4v) is 7.55. The van der Waals surface area contributed by atoms with E-state index in [9.17, 15) is 0 Å². The number of rotatable bonds is 5. The maximum Gasteiger partial charge on any atom is 0.227 e. The molecule has 3 aromatic heterocycles. The molecule has 11 rings (SSSR count).